The Morgan fingerprint density at radius 2 is 2.03 bits per heavy atom. The van der Waals surface area contributed by atoms with Gasteiger partial charge < -0.3 is 15.5 Å². The van der Waals surface area contributed by atoms with Crippen LogP contribution in [0.4, 0.5) is 4.79 Å². The van der Waals surface area contributed by atoms with E-state index < -0.39 is 6.04 Å². The Morgan fingerprint density at radius 1 is 1.25 bits per heavy atom. The lowest BCUT2D eigenvalue weighted by molar-refractivity contribution is -0.132. The van der Waals surface area contributed by atoms with Crippen molar-refractivity contribution < 1.29 is 14.4 Å². The van der Waals surface area contributed by atoms with Crippen LogP contribution < -0.4 is 10.6 Å². The summed E-state index contributed by atoms with van der Waals surface area (Å²) in [4.78, 5) is 45.8. The van der Waals surface area contributed by atoms with Gasteiger partial charge >= 0.3 is 6.03 Å². The van der Waals surface area contributed by atoms with E-state index in [1.807, 2.05) is 43.3 Å². The SMILES string of the molecule is C=CCN1C(=O)NC(c2ccc(C)cc2)C2=C1CN(CC(=O)NCc1ccccn1)C2=O. The number of amides is 4. The molecule has 8 heteroatoms. The van der Waals surface area contributed by atoms with Gasteiger partial charge in [0.1, 0.15) is 6.54 Å². The van der Waals surface area contributed by atoms with Crippen LogP contribution in [-0.4, -0.2) is 52.3 Å². The highest BCUT2D eigenvalue weighted by molar-refractivity contribution is 6.03. The van der Waals surface area contributed by atoms with E-state index >= 15 is 0 Å². The molecule has 2 N–H and O–H groups in total. The summed E-state index contributed by atoms with van der Waals surface area (Å²) in [5.74, 6) is -0.544. The maximum absolute atomic E-state index is 13.3. The molecule has 0 spiro atoms. The summed E-state index contributed by atoms with van der Waals surface area (Å²) < 4.78 is 0. The number of nitrogens with zero attached hydrogens (tertiary/aromatic N) is 3. The van der Waals surface area contributed by atoms with Crippen LogP contribution in [0.1, 0.15) is 22.9 Å². The number of hydrogen-bond acceptors (Lipinski definition) is 4. The van der Waals surface area contributed by atoms with Crippen LogP contribution in [0, 0.1) is 6.92 Å². The molecule has 1 atom stereocenters. The van der Waals surface area contributed by atoms with Gasteiger partial charge in [-0.15, -0.1) is 6.58 Å². The minimum Gasteiger partial charge on any atom is -0.349 e. The number of aromatic nitrogens is 1. The minimum absolute atomic E-state index is 0.102. The Labute approximate surface area is 186 Å². The monoisotopic (exact) mass is 431 g/mol. The topological polar surface area (TPSA) is 94.6 Å². The van der Waals surface area contributed by atoms with Crippen molar-refractivity contribution in [2.24, 2.45) is 0 Å². The van der Waals surface area contributed by atoms with Gasteiger partial charge in [0, 0.05) is 12.7 Å². The van der Waals surface area contributed by atoms with Gasteiger partial charge in [-0.1, -0.05) is 42.0 Å². The van der Waals surface area contributed by atoms with Crippen LogP contribution in [0.3, 0.4) is 0 Å². The van der Waals surface area contributed by atoms with E-state index in [1.165, 1.54) is 9.80 Å². The number of hydrogen-bond donors (Lipinski definition) is 2. The predicted octanol–water partition coefficient (Wildman–Crippen LogP) is 2.06. The molecule has 2 aromatic rings. The number of pyridine rings is 1. The van der Waals surface area contributed by atoms with Crippen molar-refractivity contribution in [3.05, 3.63) is 89.4 Å². The highest BCUT2D eigenvalue weighted by atomic mass is 16.2. The molecule has 1 aromatic carbocycles. The van der Waals surface area contributed by atoms with E-state index in [9.17, 15) is 14.4 Å². The quantitative estimate of drug-likeness (QED) is 0.656. The average Bonchev–Trinajstić information content (AvgIpc) is 3.11. The lowest BCUT2D eigenvalue weighted by Crippen LogP contribution is -2.47. The summed E-state index contributed by atoms with van der Waals surface area (Å²) >= 11 is 0. The third-order valence-corrected chi connectivity index (χ3v) is 5.55. The summed E-state index contributed by atoms with van der Waals surface area (Å²) in [6.45, 7) is 6.34. The van der Waals surface area contributed by atoms with Crippen molar-refractivity contribution in [2.45, 2.75) is 19.5 Å². The maximum atomic E-state index is 13.3. The third kappa shape index (κ3) is 4.25. The highest BCUT2D eigenvalue weighted by Gasteiger charge is 2.44. The van der Waals surface area contributed by atoms with Crippen LogP contribution in [-0.2, 0) is 16.1 Å². The van der Waals surface area contributed by atoms with E-state index in [0.29, 0.717) is 11.3 Å². The molecule has 164 valence electrons. The molecular weight excluding hydrogens is 406 g/mol. The molecule has 32 heavy (non-hydrogen) atoms. The van der Waals surface area contributed by atoms with Gasteiger partial charge in [0.2, 0.25) is 5.91 Å². The number of nitrogens with one attached hydrogen (secondary N) is 2. The van der Waals surface area contributed by atoms with Crippen molar-refractivity contribution in [3.8, 4) is 0 Å². The standard InChI is InChI=1S/C24H25N5O3/c1-3-12-29-19-14-28(15-20(30)26-13-18-6-4-5-11-25-18)23(31)21(19)22(27-24(29)32)17-9-7-16(2)8-10-17/h3-11,22H,1,12-15H2,2H3,(H,26,30)(H,27,32). The van der Waals surface area contributed by atoms with Gasteiger partial charge in [-0.2, -0.15) is 0 Å². The first-order chi connectivity index (χ1) is 15.5. The second kappa shape index (κ2) is 9.05. The molecule has 2 aliphatic rings. The fraction of sp³-hybridized carbons (Fsp3) is 0.250. The van der Waals surface area contributed by atoms with E-state index in [4.69, 9.17) is 0 Å². The Morgan fingerprint density at radius 3 is 2.72 bits per heavy atom. The first-order valence-corrected chi connectivity index (χ1v) is 10.4. The van der Waals surface area contributed by atoms with Crippen molar-refractivity contribution >= 4 is 17.8 Å². The Kier molecular flexibility index (Phi) is 6.02. The Balaban J connectivity index is 1.53. The first-order valence-electron chi connectivity index (χ1n) is 10.4. The Hall–Kier alpha value is -3.94. The minimum atomic E-state index is -0.562. The summed E-state index contributed by atoms with van der Waals surface area (Å²) in [5, 5.41) is 5.73. The van der Waals surface area contributed by atoms with Crippen LogP contribution >= 0.6 is 0 Å². The van der Waals surface area contributed by atoms with E-state index in [-0.39, 0.29) is 44.0 Å². The van der Waals surface area contributed by atoms with Gasteiger partial charge in [-0.25, -0.2) is 4.79 Å². The normalized spacial score (nSPS) is 17.8. The van der Waals surface area contributed by atoms with Gasteiger partial charge in [0.15, 0.2) is 0 Å². The van der Waals surface area contributed by atoms with Crippen LogP contribution in [0.5, 0.6) is 0 Å². The summed E-state index contributed by atoms with van der Waals surface area (Å²) in [6.07, 6.45) is 3.27. The number of carbonyl (C=O) groups excluding carboxylic acids is 3. The molecule has 1 aromatic heterocycles. The largest absolute Gasteiger partial charge is 0.349 e. The van der Waals surface area contributed by atoms with Crippen molar-refractivity contribution in [1.82, 2.24) is 25.4 Å². The van der Waals surface area contributed by atoms with Gasteiger partial charge in [-0.3, -0.25) is 19.5 Å². The number of carbonyl (C=O) groups is 3. The first kappa shape index (κ1) is 21.3. The lowest BCUT2D eigenvalue weighted by atomic mass is 9.95. The van der Waals surface area contributed by atoms with Crippen molar-refractivity contribution in [2.75, 3.05) is 19.6 Å². The lowest BCUT2D eigenvalue weighted by Gasteiger charge is -2.33. The number of aryl methyl sites for hydroxylation is 1. The molecule has 4 amide bonds. The van der Waals surface area contributed by atoms with Crippen LogP contribution in [0.25, 0.3) is 0 Å². The molecule has 0 aliphatic carbocycles. The van der Waals surface area contributed by atoms with Gasteiger partial charge in [0.25, 0.3) is 5.91 Å². The molecule has 2 aliphatic heterocycles. The van der Waals surface area contributed by atoms with Gasteiger partial charge in [-0.05, 0) is 24.6 Å². The molecular formula is C24H25N5O3. The second-order valence-electron chi connectivity index (χ2n) is 7.81. The molecule has 0 fully saturated rings. The van der Waals surface area contributed by atoms with Crippen LogP contribution in [0.2, 0.25) is 0 Å². The molecule has 8 nitrogen and oxygen atoms in total. The fourth-order valence-electron chi connectivity index (χ4n) is 3.93. The highest BCUT2D eigenvalue weighted by Crippen LogP contribution is 2.36. The molecule has 0 radical (unpaired) electrons. The predicted molar refractivity (Wildman–Crippen MR) is 119 cm³/mol. The number of rotatable bonds is 7. The summed E-state index contributed by atoms with van der Waals surface area (Å²) in [6, 6.07) is 12.3. The average molecular weight is 431 g/mol. The Bertz CT molecular complexity index is 1080. The van der Waals surface area contributed by atoms with Crippen molar-refractivity contribution in [3.63, 3.8) is 0 Å². The van der Waals surface area contributed by atoms with E-state index in [0.717, 1.165) is 16.8 Å². The maximum Gasteiger partial charge on any atom is 0.322 e. The van der Waals surface area contributed by atoms with Crippen molar-refractivity contribution in [1.29, 1.82) is 0 Å². The fourth-order valence-corrected chi connectivity index (χ4v) is 3.93. The molecule has 1 unspecified atom stereocenters. The zero-order valence-electron chi connectivity index (χ0n) is 17.9. The molecule has 0 saturated heterocycles. The number of urea groups is 1. The molecule has 0 bridgehead atoms. The zero-order chi connectivity index (χ0) is 22.7. The zero-order valence-corrected chi connectivity index (χ0v) is 17.9. The van der Waals surface area contributed by atoms with E-state index in [1.54, 1.807) is 18.3 Å². The molecule has 3 heterocycles. The molecule has 4 rings (SSSR count). The number of benzene rings is 1. The smallest absolute Gasteiger partial charge is 0.322 e. The van der Waals surface area contributed by atoms with E-state index in [2.05, 4.69) is 22.2 Å². The molecule has 0 saturated carbocycles. The third-order valence-electron chi connectivity index (χ3n) is 5.55. The summed E-state index contributed by atoms with van der Waals surface area (Å²) in [7, 11) is 0. The van der Waals surface area contributed by atoms with Gasteiger partial charge in [0.05, 0.1) is 36.1 Å². The second-order valence-corrected chi connectivity index (χ2v) is 7.81. The summed E-state index contributed by atoms with van der Waals surface area (Å²) in [5.41, 5.74) is 3.75. The van der Waals surface area contributed by atoms with Crippen LogP contribution in [0.15, 0.2) is 72.6 Å².